The minimum atomic E-state index is -0.915. The number of rotatable bonds is 3. The summed E-state index contributed by atoms with van der Waals surface area (Å²) in [5.74, 6) is 0.108. The Labute approximate surface area is 134 Å². The van der Waals surface area contributed by atoms with Crippen LogP contribution in [0.5, 0.6) is 0 Å². The van der Waals surface area contributed by atoms with Crippen LogP contribution in [0.2, 0.25) is 0 Å². The van der Waals surface area contributed by atoms with Gasteiger partial charge in [-0.25, -0.2) is 9.78 Å². The molecule has 2 aromatic heterocycles. The summed E-state index contributed by atoms with van der Waals surface area (Å²) < 4.78 is 10.3. The first kappa shape index (κ1) is 15.4. The Morgan fingerprint density at radius 2 is 2.22 bits per heavy atom. The number of methoxy groups -OCH3 is 2. The average molecular weight is 313 g/mol. The summed E-state index contributed by atoms with van der Waals surface area (Å²) >= 11 is 0. The zero-order valence-electron chi connectivity index (χ0n) is 13.2. The van der Waals surface area contributed by atoms with Crippen LogP contribution in [-0.2, 0) is 14.3 Å². The molecule has 1 aliphatic carbocycles. The number of esters is 1. The van der Waals surface area contributed by atoms with Crippen LogP contribution in [-0.4, -0.2) is 35.8 Å². The molecule has 0 bridgehead atoms. The van der Waals surface area contributed by atoms with Crippen molar-refractivity contribution in [3.8, 4) is 0 Å². The van der Waals surface area contributed by atoms with Gasteiger partial charge in [0.05, 0.1) is 18.3 Å². The number of aromatic nitrogens is 2. The Bertz CT molecular complexity index is 788. The summed E-state index contributed by atoms with van der Waals surface area (Å²) in [5.41, 5.74) is 7.62. The fraction of sp³-hybridized carbons (Fsp3) is 0.353. The second-order valence-electron chi connectivity index (χ2n) is 5.59. The number of hydrogen-bond acceptors (Lipinski definition) is 6. The molecule has 0 fully saturated rings. The van der Waals surface area contributed by atoms with Crippen LogP contribution in [0.4, 0.5) is 5.82 Å². The lowest BCUT2D eigenvalue weighted by Crippen LogP contribution is -2.42. The van der Waals surface area contributed by atoms with Crippen LogP contribution < -0.4 is 5.73 Å². The topological polar surface area (TPSA) is 87.3 Å². The summed E-state index contributed by atoms with van der Waals surface area (Å²) in [7, 11) is 2.91. The molecule has 1 aliphatic rings. The van der Waals surface area contributed by atoms with Crippen LogP contribution in [0.25, 0.3) is 16.5 Å². The number of nitrogens with zero attached hydrogens (tertiary/aromatic N) is 2. The zero-order valence-corrected chi connectivity index (χ0v) is 13.2. The van der Waals surface area contributed by atoms with E-state index >= 15 is 0 Å². The van der Waals surface area contributed by atoms with Crippen LogP contribution in [0.1, 0.15) is 25.0 Å². The molecule has 6 nitrogen and oxygen atoms in total. The number of carbonyl (C=O) groups excluding carboxylic acids is 1. The summed E-state index contributed by atoms with van der Waals surface area (Å²) in [4.78, 5) is 20.9. The van der Waals surface area contributed by atoms with Gasteiger partial charge in [0.15, 0.2) is 5.60 Å². The number of pyridine rings is 2. The Morgan fingerprint density at radius 3 is 2.87 bits per heavy atom. The van der Waals surface area contributed by atoms with Gasteiger partial charge in [0.2, 0.25) is 0 Å². The molecule has 2 N–H and O–H groups in total. The third-order valence-electron chi connectivity index (χ3n) is 4.34. The lowest BCUT2D eigenvalue weighted by atomic mass is 9.83. The average Bonchev–Trinajstić information content (AvgIpc) is 2.60. The Hall–Kier alpha value is -2.47. The van der Waals surface area contributed by atoms with Gasteiger partial charge in [-0.2, -0.15) is 0 Å². The number of nitrogen functional groups attached to an aromatic ring is 1. The smallest absolute Gasteiger partial charge is 0.338 e. The van der Waals surface area contributed by atoms with E-state index in [0.29, 0.717) is 25.1 Å². The van der Waals surface area contributed by atoms with Crippen molar-refractivity contribution >= 4 is 28.3 Å². The van der Waals surface area contributed by atoms with Crippen molar-refractivity contribution in [2.45, 2.75) is 24.9 Å². The Morgan fingerprint density at radius 1 is 1.39 bits per heavy atom. The van der Waals surface area contributed by atoms with Crippen molar-refractivity contribution in [1.29, 1.82) is 0 Å². The molecule has 0 spiro atoms. The number of ether oxygens (including phenoxy) is 2. The van der Waals surface area contributed by atoms with Crippen molar-refractivity contribution in [3.05, 3.63) is 36.2 Å². The molecule has 1 atom stereocenters. The van der Waals surface area contributed by atoms with Gasteiger partial charge in [0.1, 0.15) is 5.82 Å². The highest BCUT2D eigenvalue weighted by Crippen LogP contribution is 2.37. The molecule has 0 saturated heterocycles. The van der Waals surface area contributed by atoms with E-state index in [1.165, 1.54) is 14.2 Å². The summed E-state index contributed by atoms with van der Waals surface area (Å²) in [6.45, 7) is 0. The molecule has 0 amide bonds. The van der Waals surface area contributed by atoms with Gasteiger partial charge in [-0.05, 0) is 30.5 Å². The van der Waals surface area contributed by atoms with Crippen molar-refractivity contribution in [1.82, 2.24) is 9.97 Å². The summed E-state index contributed by atoms with van der Waals surface area (Å²) in [5, 5.41) is 0.951. The lowest BCUT2D eigenvalue weighted by Gasteiger charge is -2.32. The van der Waals surface area contributed by atoms with Crippen LogP contribution in [0.15, 0.2) is 30.5 Å². The van der Waals surface area contributed by atoms with E-state index in [9.17, 15) is 4.79 Å². The van der Waals surface area contributed by atoms with Crippen molar-refractivity contribution in [2.24, 2.45) is 0 Å². The summed E-state index contributed by atoms with van der Waals surface area (Å²) in [6, 6.07) is 5.64. The second-order valence-corrected chi connectivity index (χ2v) is 5.59. The van der Waals surface area contributed by atoms with E-state index in [2.05, 4.69) is 9.97 Å². The van der Waals surface area contributed by atoms with Gasteiger partial charge in [0.25, 0.3) is 0 Å². The van der Waals surface area contributed by atoms with Gasteiger partial charge in [-0.15, -0.1) is 0 Å². The second kappa shape index (κ2) is 5.96. The Balaban J connectivity index is 2.02. The minimum absolute atomic E-state index is 0.348. The van der Waals surface area contributed by atoms with Crippen LogP contribution in [0.3, 0.4) is 0 Å². The molecule has 0 aliphatic heterocycles. The molecule has 0 saturated carbocycles. The normalized spacial score (nSPS) is 21.0. The molecular weight excluding hydrogens is 294 g/mol. The lowest BCUT2D eigenvalue weighted by molar-refractivity contribution is -0.166. The van der Waals surface area contributed by atoms with Crippen molar-refractivity contribution in [2.75, 3.05) is 20.0 Å². The van der Waals surface area contributed by atoms with Crippen LogP contribution in [0, 0.1) is 0 Å². The molecule has 3 rings (SSSR count). The third-order valence-corrected chi connectivity index (χ3v) is 4.34. The monoisotopic (exact) mass is 313 g/mol. The first-order chi connectivity index (χ1) is 11.1. The number of fused-ring (bicyclic) bond motifs is 1. The molecule has 23 heavy (non-hydrogen) atoms. The molecular formula is C17H19N3O3. The van der Waals surface area contributed by atoms with Gasteiger partial charge in [-0.3, -0.25) is 4.98 Å². The van der Waals surface area contributed by atoms with Crippen LogP contribution >= 0.6 is 0 Å². The maximum absolute atomic E-state index is 12.0. The van der Waals surface area contributed by atoms with E-state index in [1.54, 1.807) is 6.20 Å². The van der Waals surface area contributed by atoms with E-state index in [-0.39, 0.29) is 5.97 Å². The van der Waals surface area contributed by atoms with E-state index in [4.69, 9.17) is 15.2 Å². The van der Waals surface area contributed by atoms with Crippen molar-refractivity contribution in [3.63, 3.8) is 0 Å². The maximum Gasteiger partial charge on any atom is 0.338 e. The molecule has 0 aromatic carbocycles. The van der Waals surface area contributed by atoms with E-state index < -0.39 is 5.60 Å². The quantitative estimate of drug-likeness (QED) is 0.875. The first-order valence-corrected chi connectivity index (χ1v) is 7.44. The molecule has 6 heteroatoms. The fourth-order valence-electron chi connectivity index (χ4n) is 3.01. The highest BCUT2D eigenvalue weighted by atomic mass is 16.6. The maximum atomic E-state index is 12.0. The van der Waals surface area contributed by atoms with E-state index in [0.717, 1.165) is 22.2 Å². The highest BCUT2D eigenvalue weighted by Gasteiger charge is 2.41. The third kappa shape index (κ3) is 2.66. The van der Waals surface area contributed by atoms with Gasteiger partial charge in [0, 0.05) is 25.1 Å². The zero-order chi connectivity index (χ0) is 16.4. The predicted octanol–water partition coefficient (Wildman–Crippen LogP) is 2.34. The molecule has 2 aromatic rings. The SMILES string of the molecule is COC(=O)C1(OC)CC=C(c2nc(N)cc3cccnc23)CC1. The summed E-state index contributed by atoms with van der Waals surface area (Å²) in [6.07, 6.45) is 5.33. The Kier molecular flexibility index (Phi) is 4.00. The largest absolute Gasteiger partial charge is 0.467 e. The molecule has 2 heterocycles. The van der Waals surface area contributed by atoms with Gasteiger partial charge in [-0.1, -0.05) is 12.1 Å². The number of hydrogen-bond donors (Lipinski definition) is 1. The molecule has 120 valence electrons. The van der Waals surface area contributed by atoms with Gasteiger partial charge >= 0.3 is 5.97 Å². The van der Waals surface area contributed by atoms with Gasteiger partial charge < -0.3 is 15.2 Å². The van der Waals surface area contributed by atoms with E-state index in [1.807, 2.05) is 24.3 Å². The molecule has 0 radical (unpaired) electrons. The predicted molar refractivity (Wildman–Crippen MR) is 87.5 cm³/mol. The van der Waals surface area contributed by atoms with Crippen molar-refractivity contribution < 1.29 is 14.3 Å². The standard InChI is InChI=1S/C17H19N3O3/c1-22-16(21)17(23-2)7-5-11(6-8-17)15-14-12(4-3-9-19-14)10-13(18)20-15/h3-5,9-10H,6-8H2,1-2H3,(H2,18,20). The number of anilines is 1. The first-order valence-electron chi connectivity index (χ1n) is 7.44. The number of nitrogens with two attached hydrogens (primary N) is 1. The molecule has 1 unspecified atom stereocenters. The number of allylic oxidation sites excluding steroid dienone is 1. The highest BCUT2D eigenvalue weighted by molar-refractivity contribution is 5.91. The minimum Gasteiger partial charge on any atom is -0.467 e. The number of carbonyl (C=O) groups is 1. The fourth-order valence-corrected chi connectivity index (χ4v) is 3.01.